The molecular formula is C25H37IN4O3. The molecule has 1 aliphatic heterocycles. The minimum Gasteiger partial charge on any atom is -0.497 e. The molecule has 0 amide bonds. The van der Waals surface area contributed by atoms with Gasteiger partial charge in [0, 0.05) is 32.6 Å². The van der Waals surface area contributed by atoms with E-state index < -0.39 is 6.10 Å². The Morgan fingerprint density at radius 2 is 1.79 bits per heavy atom. The van der Waals surface area contributed by atoms with Crippen LogP contribution in [0.1, 0.15) is 24.1 Å². The highest BCUT2D eigenvalue weighted by molar-refractivity contribution is 14.0. The van der Waals surface area contributed by atoms with Gasteiger partial charge in [-0.05, 0) is 30.2 Å². The first-order chi connectivity index (χ1) is 15.7. The average Bonchev–Trinajstić information content (AvgIpc) is 2.84. The van der Waals surface area contributed by atoms with Crippen molar-refractivity contribution in [3.63, 3.8) is 0 Å². The van der Waals surface area contributed by atoms with E-state index in [0.29, 0.717) is 25.5 Å². The minimum absolute atomic E-state index is 0. The Balaban J connectivity index is 0.00000385. The Morgan fingerprint density at radius 1 is 1.09 bits per heavy atom. The fourth-order valence-electron chi connectivity index (χ4n) is 3.86. The summed E-state index contributed by atoms with van der Waals surface area (Å²) in [5, 5.41) is 17.2. The molecule has 33 heavy (non-hydrogen) atoms. The smallest absolute Gasteiger partial charge is 0.191 e. The lowest BCUT2D eigenvalue weighted by Gasteiger charge is -2.35. The van der Waals surface area contributed by atoms with Crippen LogP contribution in [0.15, 0.2) is 59.6 Å². The first kappa shape index (κ1) is 27.4. The van der Waals surface area contributed by atoms with Crippen molar-refractivity contribution in [2.45, 2.75) is 25.5 Å². The third-order valence-corrected chi connectivity index (χ3v) is 5.57. The molecule has 8 heteroatoms. The lowest BCUT2D eigenvalue weighted by Crippen LogP contribution is -2.46. The average molecular weight is 569 g/mol. The van der Waals surface area contributed by atoms with Gasteiger partial charge in [0.1, 0.15) is 5.75 Å². The monoisotopic (exact) mass is 568 g/mol. The molecule has 1 fully saturated rings. The lowest BCUT2D eigenvalue weighted by molar-refractivity contribution is 0.0170. The summed E-state index contributed by atoms with van der Waals surface area (Å²) < 4.78 is 10.9. The Morgan fingerprint density at radius 3 is 2.42 bits per heavy atom. The van der Waals surface area contributed by atoms with Crippen LogP contribution in [0.2, 0.25) is 0 Å². The summed E-state index contributed by atoms with van der Waals surface area (Å²) in [5.74, 6) is 1.57. The fourth-order valence-corrected chi connectivity index (χ4v) is 3.86. The molecule has 1 heterocycles. The van der Waals surface area contributed by atoms with Crippen molar-refractivity contribution in [3.05, 3.63) is 65.7 Å². The summed E-state index contributed by atoms with van der Waals surface area (Å²) >= 11 is 0. The number of halogens is 1. The maximum Gasteiger partial charge on any atom is 0.191 e. The Kier molecular flexibility index (Phi) is 12.5. The molecule has 0 bridgehead atoms. The van der Waals surface area contributed by atoms with E-state index in [4.69, 9.17) is 9.47 Å². The van der Waals surface area contributed by atoms with E-state index in [1.54, 1.807) is 7.11 Å². The van der Waals surface area contributed by atoms with Gasteiger partial charge in [0.2, 0.25) is 0 Å². The SMILES string of the molecule is CCNC(=NCC(O)Cc1ccccc1)NCC(c1ccc(OC)cc1)N1CCOCC1.I. The molecule has 3 N–H and O–H groups in total. The van der Waals surface area contributed by atoms with Crippen LogP contribution in [-0.4, -0.2) is 75.1 Å². The van der Waals surface area contributed by atoms with Gasteiger partial charge in [-0.3, -0.25) is 9.89 Å². The third kappa shape index (κ3) is 9.11. The normalized spacial score (nSPS) is 16.4. The highest BCUT2D eigenvalue weighted by atomic mass is 127. The summed E-state index contributed by atoms with van der Waals surface area (Å²) in [7, 11) is 1.68. The molecule has 0 saturated carbocycles. The molecule has 182 valence electrons. The molecule has 2 atom stereocenters. The van der Waals surface area contributed by atoms with Crippen molar-refractivity contribution in [1.82, 2.24) is 15.5 Å². The Labute approximate surface area is 214 Å². The molecule has 0 radical (unpaired) electrons. The number of morpholine rings is 1. The van der Waals surface area contributed by atoms with Gasteiger partial charge in [-0.25, -0.2) is 0 Å². The van der Waals surface area contributed by atoms with Gasteiger partial charge in [-0.2, -0.15) is 0 Å². The molecule has 1 aliphatic rings. The van der Waals surface area contributed by atoms with Gasteiger partial charge in [0.25, 0.3) is 0 Å². The van der Waals surface area contributed by atoms with E-state index >= 15 is 0 Å². The number of guanidine groups is 1. The molecular weight excluding hydrogens is 531 g/mol. The molecule has 2 aromatic carbocycles. The van der Waals surface area contributed by atoms with Crippen molar-refractivity contribution >= 4 is 29.9 Å². The standard InChI is InChI=1S/C25H36N4O3.HI/c1-3-26-25(27-18-22(30)17-20-7-5-4-6-8-20)28-19-24(29-13-15-32-16-14-29)21-9-11-23(31-2)12-10-21;/h4-12,22,24,30H,3,13-19H2,1-2H3,(H2,26,27,28);1H. The third-order valence-electron chi connectivity index (χ3n) is 5.57. The van der Waals surface area contributed by atoms with Gasteiger partial charge in [-0.1, -0.05) is 42.5 Å². The summed E-state index contributed by atoms with van der Waals surface area (Å²) in [5.41, 5.74) is 2.33. The van der Waals surface area contributed by atoms with Crippen molar-refractivity contribution in [2.24, 2.45) is 4.99 Å². The topological polar surface area (TPSA) is 78.4 Å². The predicted molar refractivity (Wildman–Crippen MR) is 144 cm³/mol. The number of nitrogens with one attached hydrogen (secondary N) is 2. The van der Waals surface area contributed by atoms with Gasteiger partial charge in [0.05, 0.1) is 39.0 Å². The second-order valence-electron chi connectivity index (χ2n) is 7.88. The highest BCUT2D eigenvalue weighted by Crippen LogP contribution is 2.23. The van der Waals surface area contributed by atoms with Crippen LogP contribution in [0, 0.1) is 0 Å². The van der Waals surface area contributed by atoms with Crippen LogP contribution in [0.25, 0.3) is 0 Å². The van der Waals surface area contributed by atoms with Crippen molar-refractivity contribution < 1.29 is 14.6 Å². The van der Waals surface area contributed by atoms with E-state index in [1.807, 2.05) is 49.4 Å². The van der Waals surface area contributed by atoms with E-state index in [9.17, 15) is 5.11 Å². The fraction of sp³-hybridized carbons (Fsp3) is 0.480. The zero-order chi connectivity index (χ0) is 22.6. The van der Waals surface area contributed by atoms with Crippen LogP contribution in [0.3, 0.4) is 0 Å². The van der Waals surface area contributed by atoms with Crippen LogP contribution in [0.5, 0.6) is 5.75 Å². The van der Waals surface area contributed by atoms with Crippen molar-refractivity contribution in [3.8, 4) is 5.75 Å². The minimum atomic E-state index is -0.524. The van der Waals surface area contributed by atoms with Gasteiger partial charge < -0.3 is 25.2 Å². The molecule has 1 saturated heterocycles. The number of aliphatic hydroxyl groups excluding tert-OH is 1. The Bertz CT molecular complexity index is 814. The zero-order valence-electron chi connectivity index (χ0n) is 19.6. The number of ether oxygens (including phenoxy) is 2. The summed E-state index contributed by atoms with van der Waals surface area (Å²) in [6, 6.07) is 18.4. The number of benzene rings is 2. The first-order valence-corrected chi connectivity index (χ1v) is 11.4. The van der Waals surface area contributed by atoms with Gasteiger partial charge in [-0.15, -0.1) is 24.0 Å². The Hall–Kier alpha value is -1.88. The summed E-state index contributed by atoms with van der Waals surface area (Å²) in [4.78, 5) is 7.07. The number of hydrogen-bond acceptors (Lipinski definition) is 5. The largest absolute Gasteiger partial charge is 0.497 e. The number of nitrogens with zero attached hydrogens (tertiary/aromatic N) is 2. The first-order valence-electron chi connectivity index (χ1n) is 11.4. The highest BCUT2D eigenvalue weighted by Gasteiger charge is 2.23. The molecule has 3 rings (SSSR count). The summed E-state index contributed by atoms with van der Waals surface area (Å²) in [6.07, 6.45) is 0.0657. The van der Waals surface area contributed by atoms with Gasteiger partial charge >= 0.3 is 0 Å². The number of aliphatic imine (C=N–C) groups is 1. The number of hydrogen-bond donors (Lipinski definition) is 3. The van der Waals surface area contributed by atoms with E-state index in [1.165, 1.54) is 5.56 Å². The molecule has 2 unspecified atom stereocenters. The van der Waals surface area contributed by atoms with Crippen molar-refractivity contribution in [2.75, 3.05) is 53.0 Å². The molecule has 7 nitrogen and oxygen atoms in total. The van der Waals surface area contributed by atoms with E-state index in [-0.39, 0.29) is 30.0 Å². The predicted octanol–water partition coefficient (Wildman–Crippen LogP) is 2.85. The number of rotatable bonds is 10. The van der Waals surface area contributed by atoms with E-state index in [0.717, 1.165) is 44.2 Å². The number of aliphatic hydroxyl groups is 1. The maximum atomic E-state index is 10.4. The zero-order valence-corrected chi connectivity index (χ0v) is 21.9. The van der Waals surface area contributed by atoms with Crippen LogP contribution >= 0.6 is 24.0 Å². The molecule has 0 aliphatic carbocycles. The lowest BCUT2D eigenvalue weighted by atomic mass is 10.0. The quantitative estimate of drug-likeness (QED) is 0.233. The van der Waals surface area contributed by atoms with Crippen molar-refractivity contribution in [1.29, 1.82) is 0 Å². The van der Waals surface area contributed by atoms with Crippen LogP contribution in [0.4, 0.5) is 0 Å². The summed E-state index contributed by atoms with van der Waals surface area (Å²) in [6.45, 7) is 7.11. The molecule has 2 aromatic rings. The second-order valence-corrected chi connectivity index (χ2v) is 7.88. The maximum absolute atomic E-state index is 10.4. The molecule has 0 spiro atoms. The number of methoxy groups -OCH3 is 1. The van der Waals surface area contributed by atoms with Gasteiger partial charge in [0.15, 0.2) is 5.96 Å². The molecule has 0 aromatic heterocycles. The second kappa shape index (κ2) is 15.1. The van der Waals surface area contributed by atoms with Crippen LogP contribution in [-0.2, 0) is 11.2 Å². The van der Waals surface area contributed by atoms with Crippen LogP contribution < -0.4 is 15.4 Å². The van der Waals surface area contributed by atoms with E-state index in [2.05, 4.69) is 32.7 Å².